The smallest absolute Gasteiger partial charge is 0.163 e. The number of unbranched alkanes of at least 4 members (excludes halogenated alkanes) is 1. The first-order valence-electron chi connectivity index (χ1n) is 7.18. The van der Waals surface area contributed by atoms with Gasteiger partial charge in [-0.05, 0) is 31.9 Å². The van der Waals surface area contributed by atoms with E-state index in [1.807, 2.05) is 7.05 Å². The van der Waals surface area contributed by atoms with E-state index in [-0.39, 0.29) is 6.04 Å². The van der Waals surface area contributed by atoms with Crippen LogP contribution in [0.25, 0.3) is 0 Å². The molecule has 2 unspecified atom stereocenters. The summed E-state index contributed by atoms with van der Waals surface area (Å²) in [6.07, 6.45) is 4.23. The second-order valence-electron chi connectivity index (χ2n) is 5.18. The molecule has 0 heterocycles. The molecule has 1 aromatic rings. The Hall–Kier alpha value is -0.960. The largest absolute Gasteiger partial charge is 0.313 e. The zero-order chi connectivity index (χ0) is 14.4. The average Bonchev–Trinajstić information content (AvgIpc) is 2.42. The van der Waals surface area contributed by atoms with Crippen LogP contribution in [0.3, 0.4) is 0 Å². The van der Waals surface area contributed by atoms with Crippen molar-refractivity contribution < 1.29 is 8.78 Å². The molecule has 0 radical (unpaired) electrons. The highest BCUT2D eigenvalue weighted by Crippen LogP contribution is 2.31. The maximum Gasteiger partial charge on any atom is 0.163 e. The number of nitrogens with one attached hydrogen (secondary N) is 1. The highest BCUT2D eigenvalue weighted by atomic mass is 19.2. The van der Waals surface area contributed by atoms with Crippen LogP contribution in [0.4, 0.5) is 8.78 Å². The van der Waals surface area contributed by atoms with Gasteiger partial charge in [0.1, 0.15) is 0 Å². The lowest BCUT2D eigenvalue weighted by molar-refractivity contribution is 0.327. The molecule has 0 bridgehead atoms. The second kappa shape index (κ2) is 7.59. The van der Waals surface area contributed by atoms with E-state index in [0.717, 1.165) is 25.7 Å². The molecular formula is C16H25F2N. The fourth-order valence-electron chi connectivity index (χ4n) is 2.62. The van der Waals surface area contributed by atoms with Gasteiger partial charge in [-0.3, -0.25) is 0 Å². The zero-order valence-electron chi connectivity index (χ0n) is 12.4. The van der Waals surface area contributed by atoms with Gasteiger partial charge in [-0.25, -0.2) is 8.78 Å². The minimum atomic E-state index is -0.719. The summed E-state index contributed by atoms with van der Waals surface area (Å²) in [5.74, 6) is -1.08. The Labute approximate surface area is 115 Å². The Morgan fingerprint density at radius 2 is 1.84 bits per heavy atom. The van der Waals surface area contributed by atoms with Gasteiger partial charge in [-0.1, -0.05) is 45.2 Å². The van der Waals surface area contributed by atoms with Crippen LogP contribution in [-0.2, 0) is 0 Å². The van der Waals surface area contributed by atoms with Crippen LogP contribution in [0.15, 0.2) is 12.1 Å². The van der Waals surface area contributed by atoms with Gasteiger partial charge in [0.2, 0.25) is 0 Å². The molecule has 108 valence electrons. The van der Waals surface area contributed by atoms with Gasteiger partial charge in [0.05, 0.1) is 0 Å². The molecule has 2 atom stereocenters. The first kappa shape index (κ1) is 16.1. The molecule has 0 aliphatic heterocycles. The van der Waals surface area contributed by atoms with Gasteiger partial charge in [0.15, 0.2) is 11.6 Å². The lowest BCUT2D eigenvalue weighted by Crippen LogP contribution is -2.26. The summed E-state index contributed by atoms with van der Waals surface area (Å²) < 4.78 is 27.8. The molecular weight excluding hydrogens is 244 g/mol. The van der Waals surface area contributed by atoms with Gasteiger partial charge < -0.3 is 5.32 Å². The molecule has 0 amide bonds. The van der Waals surface area contributed by atoms with E-state index in [4.69, 9.17) is 0 Å². The third-order valence-corrected chi connectivity index (χ3v) is 3.88. The third-order valence-electron chi connectivity index (χ3n) is 3.88. The number of hydrogen-bond donors (Lipinski definition) is 1. The van der Waals surface area contributed by atoms with Crippen molar-refractivity contribution in [3.8, 4) is 0 Å². The highest BCUT2D eigenvalue weighted by Gasteiger charge is 2.24. The maximum atomic E-state index is 14.1. The molecule has 0 aliphatic rings. The minimum absolute atomic E-state index is 0.119. The van der Waals surface area contributed by atoms with Gasteiger partial charge in [0, 0.05) is 11.6 Å². The van der Waals surface area contributed by atoms with E-state index in [9.17, 15) is 8.78 Å². The molecule has 1 rings (SSSR count). The van der Waals surface area contributed by atoms with E-state index in [0.29, 0.717) is 17.0 Å². The lowest BCUT2D eigenvalue weighted by Gasteiger charge is -2.27. The summed E-state index contributed by atoms with van der Waals surface area (Å²) in [5, 5.41) is 3.16. The van der Waals surface area contributed by atoms with E-state index < -0.39 is 11.6 Å². The van der Waals surface area contributed by atoms with Crippen molar-refractivity contribution in [2.45, 2.75) is 52.5 Å². The van der Waals surface area contributed by atoms with Crippen molar-refractivity contribution in [3.05, 3.63) is 34.9 Å². The first-order valence-corrected chi connectivity index (χ1v) is 7.18. The minimum Gasteiger partial charge on any atom is -0.313 e. The van der Waals surface area contributed by atoms with Crippen molar-refractivity contribution in [2.24, 2.45) is 5.92 Å². The molecule has 0 fully saturated rings. The quantitative estimate of drug-likeness (QED) is 0.753. The average molecular weight is 269 g/mol. The Kier molecular flexibility index (Phi) is 6.43. The monoisotopic (exact) mass is 269 g/mol. The SMILES string of the molecule is CCCCC(CC)C(NC)c1ccc(C)c(F)c1F. The number of halogens is 2. The normalized spacial score (nSPS) is 14.4. The fraction of sp³-hybridized carbons (Fsp3) is 0.625. The van der Waals surface area contributed by atoms with Crippen LogP contribution >= 0.6 is 0 Å². The maximum absolute atomic E-state index is 14.1. The summed E-state index contributed by atoms with van der Waals surface area (Å²) in [6.45, 7) is 5.84. The molecule has 0 saturated heterocycles. The Balaban J connectivity index is 3.04. The van der Waals surface area contributed by atoms with Crippen LogP contribution in [-0.4, -0.2) is 7.05 Å². The standard InChI is InChI=1S/C16H25F2N/c1-5-7-8-12(6-2)16(19-4)13-10-9-11(3)14(17)15(13)18/h9-10,12,16,19H,5-8H2,1-4H3. The van der Waals surface area contributed by atoms with Gasteiger partial charge in [-0.15, -0.1) is 0 Å². The van der Waals surface area contributed by atoms with Crippen molar-refractivity contribution in [1.29, 1.82) is 0 Å². The van der Waals surface area contributed by atoms with Crippen molar-refractivity contribution in [3.63, 3.8) is 0 Å². The Morgan fingerprint density at radius 1 is 1.16 bits per heavy atom. The summed E-state index contributed by atoms with van der Waals surface area (Å²) in [6, 6.07) is 3.25. The van der Waals surface area contributed by atoms with Crippen molar-refractivity contribution in [2.75, 3.05) is 7.05 Å². The van der Waals surface area contributed by atoms with Crippen molar-refractivity contribution in [1.82, 2.24) is 5.32 Å². The topological polar surface area (TPSA) is 12.0 Å². The molecule has 1 nitrogen and oxygen atoms in total. The van der Waals surface area contributed by atoms with Crippen LogP contribution in [0.2, 0.25) is 0 Å². The van der Waals surface area contributed by atoms with Gasteiger partial charge >= 0.3 is 0 Å². The molecule has 0 spiro atoms. The van der Waals surface area contributed by atoms with Gasteiger partial charge in [0.25, 0.3) is 0 Å². The lowest BCUT2D eigenvalue weighted by atomic mass is 9.86. The number of benzene rings is 1. The van der Waals surface area contributed by atoms with E-state index in [1.54, 1.807) is 19.1 Å². The molecule has 0 aliphatic carbocycles. The van der Waals surface area contributed by atoms with Crippen LogP contribution in [0.5, 0.6) is 0 Å². The Bertz CT molecular complexity index is 404. The molecule has 3 heteroatoms. The van der Waals surface area contributed by atoms with E-state index >= 15 is 0 Å². The van der Waals surface area contributed by atoms with E-state index in [2.05, 4.69) is 19.2 Å². The zero-order valence-corrected chi connectivity index (χ0v) is 12.4. The number of aryl methyl sites for hydroxylation is 1. The molecule has 19 heavy (non-hydrogen) atoms. The summed E-state index contributed by atoms with van der Waals surface area (Å²) >= 11 is 0. The third kappa shape index (κ3) is 3.75. The first-order chi connectivity index (χ1) is 9.06. The predicted molar refractivity (Wildman–Crippen MR) is 76.2 cm³/mol. The summed E-state index contributed by atoms with van der Waals surface area (Å²) in [4.78, 5) is 0. The van der Waals surface area contributed by atoms with E-state index in [1.165, 1.54) is 0 Å². The number of rotatable bonds is 7. The molecule has 0 aromatic heterocycles. The highest BCUT2D eigenvalue weighted by molar-refractivity contribution is 5.28. The molecule has 1 aromatic carbocycles. The van der Waals surface area contributed by atoms with Crippen LogP contribution < -0.4 is 5.32 Å². The molecule has 0 saturated carbocycles. The van der Waals surface area contributed by atoms with Crippen LogP contribution in [0.1, 0.15) is 56.7 Å². The van der Waals surface area contributed by atoms with Crippen LogP contribution in [0, 0.1) is 24.5 Å². The molecule has 1 N–H and O–H groups in total. The summed E-state index contributed by atoms with van der Waals surface area (Å²) in [5.41, 5.74) is 0.811. The fourth-order valence-corrected chi connectivity index (χ4v) is 2.62. The predicted octanol–water partition coefficient (Wildman–Crippen LogP) is 4.75. The van der Waals surface area contributed by atoms with Crippen molar-refractivity contribution >= 4 is 0 Å². The summed E-state index contributed by atoms with van der Waals surface area (Å²) in [7, 11) is 1.82. The number of hydrogen-bond acceptors (Lipinski definition) is 1. The second-order valence-corrected chi connectivity index (χ2v) is 5.18. The van der Waals surface area contributed by atoms with Gasteiger partial charge in [-0.2, -0.15) is 0 Å². The Morgan fingerprint density at radius 3 is 2.37 bits per heavy atom.